The number of aromatic nitrogens is 3. The summed E-state index contributed by atoms with van der Waals surface area (Å²) in [6, 6.07) is 5.85. The maximum Gasteiger partial charge on any atom is 0.487 e. The lowest BCUT2D eigenvalue weighted by molar-refractivity contribution is -0.0964. The van der Waals surface area contributed by atoms with Crippen molar-refractivity contribution in [1.82, 2.24) is 15.0 Å². The summed E-state index contributed by atoms with van der Waals surface area (Å²) >= 11 is 4.72. The molecule has 0 atom stereocenters. The number of benzene rings is 1. The van der Waals surface area contributed by atoms with E-state index in [9.17, 15) is 8.78 Å². The quantitative estimate of drug-likeness (QED) is 0.740. The molecule has 2 N–H and O–H groups in total. The maximum atomic E-state index is 12.6. The highest BCUT2D eigenvalue weighted by Crippen LogP contribution is 2.26. The normalized spacial score (nSPS) is 11.8. The fourth-order valence-electron chi connectivity index (χ4n) is 1.76. The highest BCUT2D eigenvalue weighted by atomic mass is 35.5. The largest absolute Gasteiger partial charge is 0.487 e. The Labute approximate surface area is 148 Å². The second-order valence-corrected chi connectivity index (χ2v) is 6.48. The second kappa shape index (κ2) is 7.22. The van der Waals surface area contributed by atoms with Gasteiger partial charge in [0.15, 0.2) is 0 Å². The average molecular weight is 374 g/mol. The molecule has 0 bridgehead atoms. The van der Waals surface area contributed by atoms with E-state index in [0.29, 0.717) is 11.6 Å². The van der Waals surface area contributed by atoms with E-state index in [-0.39, 0.29) is 23.2 Å². The van der Waals surface area contributed by atoms with Crippen molar-refractivity contribution in [2.75, 3.05) is 17.7 Å². The van der Waals surface area contributed by atoms with Crippen LogP contribution in [0.4, 0.5) is 26.4 Å². The number of alkyl halides is 3. The Morgan fingerprint density at radius 1 is 1.00 bits per heavy atom. The van der Waals surface area contributed by atoms with Crippen LogP contribution in [0.3, 0.4) is 0 Å². The number of nitrogens with one attached hydrogen (secondary N) is 2. The van der Waals surface area contributed by atoms with Crippen molar-refractivity contribution in [3.05, 3.63) is 24.3 Å². The van der Waals surface area contributed by atoms with Crippen LogP contribution in [0.25, 0.3) is 0 Å². The third-order valence-corrected chi connectivity index (χ3v) is 2.71. The number of methoxy groups -OCH3 is 1. The van der Waals surface area contributed by atoms with E-state index in [2.05, 4.69) is 30.3 Å². The topological polar surface area (TPSA) is 81.2 Å². The van der Waals surface area contributed by atoms with Crippen LogP contribution < -0.4 is 20.1 Å². The molecule has 25 heavy (non-hydrogen) atoms. The number of nitrogens with zero attached hydrogens (tertiary/aromatic N) is 3. The highest BCUT2D eigenvalue weighted by Gasteiger charge is 2.27. The van der Waals surface area contributed by atoms with Gasteiger partial charge in [0.05, 0.1) is 7.11 Å². The molecule has 0 radical (unpaired) electrons. The summed E-state index contributed by atoms with van der Waals surface area (Å²) in [5.74, 6) is 0.493. The molecule has 2 rings (SSSR count). The average Bonchev–Trinajstić information content (AvgIpc) is 2.45. The zero-order chi connectivity index (χ0) is 18.7. The van der Waals surface area contributed by atoms with Crippen molar-refractivity contribution in [2.45, 2.75) is 31.9 Å². The second-order valence-electron chi connectivity index (χ2n) is 6.04. The predicted molar refractivity (Wildman–Crippen MR) is 90.9 cm³/mol. The van der Waals surface area contributed by atoms with E-state index in [1.54, 1.807) is 0 Å². The summed E-state index contributed by atoms with van der Waals surface area (Å²) < 4.78 is 34.5. The Morgan fingerprint density at radius 2 is 1.60 bits per heavy atom. The number of anilines is 3. The van der Waals surface area contributed by atoms with Gasteiger partial charge in [-0.1, -0.05) is 0 Å². The molecule has 0 fully saturated rings. The Bertz CT molecular complexity index is 717. The van der Waals surface area contributed by atoms with Gasteiger partial charge in [-0.05, 0) is 45.0 Å². The van der Waals surface area contributed by atoms with Crippen LogP contribution in [0, 0.1) is 0 Å². The number of rotatable bonds is 6. The van der Waals surface area contributed by atoms with Crippen LogP contribution >= 0.6 is 11.6 Å². The molecule has 7 nitrogen and oxygen atoms in total. The Hall–Kier alpha value is -2.42. The summed E-state index contributed by atoms with van der Waals surface area (Å²) in [7, 11) is 1.44. The predicted octanol–water partition coefficient (Wildman–Crippen LogP) is 4.00. The van der Waals surface area contributed by atoms with Crippen LogP contribution in [0.1, 0.15) is 20.8 Å². The van der Waals surface area contributed by atoms with Crippen LogP contribution in [-0.2, 0) is 0 Å². The molecule has 1 heterocycles. The van der Waals surface area contributed by atoms with Crippen LogP contribution in [0.15, 0.2) is 24.3 Å². The van der Waals surface area contributed by atoms with Gasteiger partial charge in [0, 0.05) is 22.8 Å². The zero-order valence-electron chi connectivity index (χ0n) is 14.1. The molecular formula is C15H18ClF2N5O2. The minimum atomic E-state index is -3.76. The lowest BCUT2D eigenvalue weighted by Gasteiger charge is -2.20. The van der Waals surface area contributed by atoms with Gasteiger partial charge in [-0.2, -0.15) is 15.0 Å². The van der Waals surface area contributed by atoms with Gasteiger partial charge in [0.2, 0.25) is 11.9 Å². The highest BCUT2D eigenvalue weighted by molar-refractivity contribution is 6.20. The van der Waals surface area contributed by atoms with Crippen molar-refractivity contribution in [2.24, 2.45) is 0 Å². The first kappa shape index (κ1) is 18.9. The summed E-state index contributed by atoms with van der Waals surface area (Å²) in [6.45, 7) is 5.88. The Balaban J connectivity index is 2.17. The maximum absolute atomic E-state index is 12.6. The van der Waals surface area contributed by atoms with Crippen LogP contribution in [0.5, 0.6) is 11.8 Å². The van der Waals surface area contributed by atoms with E-state index in [1.807, 2.05) is 20.8 Å². The van der Waals surface area contributed by atoms with Crippen LogP contribution in [-0.4, -0.2) is 33.2 Å². The molecule has 0 saturated heterocycles. The first-order chi connectivity index (χ1) is 11.5. The Kier molecular flexibility index (Phi) is 5.46. The molecule has 0 aliphatic rings. The molecule has 0 aliphatic carbocycles. The summed E-state index contributed by atoms with van der Waals surface area (Å²) in [4.78, 5) is 12.5. The van der Waals surface area contributed by atoms with Gasteiger partial charge in [-0.3, -0.25) is 0 Å². The molecule has 0 aliphatic heterocycles. The molecule has 1 aromatic heterocycles. The minimum absolute atomic E-state index is 0.0751. The lowest BCUT2D eigenvalue weighted by atomic mass is 10.1. The number of hydrogen-bond acceptors (Lipinski definition) is 7. The van der Waals surface area contributed by atoms with Gasteiger partial charge in [0.1, 0.15) is 5.75 Å². The van der Waals surface area contributed by atoms with Gasteiger partial charge in [-0.25, -0.2) is 0 Å². The van der Waals surface area contributed by atoms with Gasteiger partial charge in [-0.15, -0.1) is 8.78 Å². The molecule has 136 valence electrons. The van der Waals surface area contributed by atoms with E-state index in [0.717, 1.165) is 0 Å². The molecule has 10 heteroatoms. The van der Waals surface area contributed by atoms with E-state index in [1.165, 1.54) is 31.4 Å². The zero-order valence-corrected chi connectivity index (χ0v) is 14.9. The number of hydrogen-bond donors (Lipinski definition) is 2. The smallest absolute Gasteiger partial charge is 0.467 e. The van der Waals surface area contributed by atoms with E-state index >= 15 is 0 Å². The van der Waals surface area contributed by atoms with Gasteiger partial charge < -0.3 is 20.1 Å². The van der Waals surface area contributed by atoms with Crippen molar-refractivity contribution < 1.29 is 18.3 Å². The van der Waals surface area contributed by atoms with Crippen molar-refractivity contribution >= 4 is 29.2 Å². The molecule has 2 aromatic rings. The van der Waals surface area contributed by atoms with Crippen molar-refractivity contribution in [3.8, 4) is 11.8 Å². The fourth-order valence-corrected chi connectivity index (χ4v) is 1.85. The lowest BCUT2D eigenvalue weighted by Crippen LogP contribution is -2.27. The standard InChI is InChI=1S/C15H18ClF2N5O2/c1-14(2,3)23-12-20-11(21-13(22-12)24-4)19-9-5-7-10(8-6-9)25-15(16,17)18/h5-8H,1-4H3,(H2,19,20,21,22,23). The third kappa shape index (κ3) is 6.54. The van der Waals surface area contributed by atoms with Crippen LogP contribution in [0.2, 0.25) is 0 Å². The molecule has 0 spiro atoms. The molecule has 0 amide bonds. The summed E-state index contributed by atoms with van der Waals surface area (Å²) in [6.07, 6.45) is 0. The molecule has 1 aromatic carbocycles. The van der Waals surface area contributed by atoms with E-state index < -0.39 is 5.57 Å². The monoisotopic (exact) mass is 373 g/mol. The molecular weight excluding hydrogens is 356 g/mol. The summed E-state index contributed by atoms with van der Waals surface area (Å²) in [5, 5.41) is 6.05. The van der Waals surface area contributed by atoms with E-state index in [4.69, 9.17) is 16.3 Å². The van der Waals surface area contributed by atoms with Crippen molar-refractivity contribution in [1.29, 1.82) is 0 Å². The van der Waals surface area contributed by atoms with Gasteiger partial charge >= 0.3 is 11.6 Å². The first-order valence-corrected chi connectivity index (χ1v) is 7.63. The fraction of sp³-hybridized carbons (Fsp3) is 0.400. The summed E-state index contributed by atoms with van der Waals surface area (Å²) in [5.41, 5.74) is -3.46. The van der Waals surface area contributed by atoms with Crippen molar-refractivity contribution in [3.63, 3.8) is 0 Å². The van der Waals surface area contributed by atoms with Gasteiger partial charge in [0.25, 0.3) is 0 Å². The Morgan fingerprint density at radius 3 is 2.12 bits per heavy atom. The minimum Gasteiger partial charge on any atom is -0.467 e. The number of halogens is 3. The SMILES string of the molecule is COc1nc(Nc2ccc(OC(F)(F)Cl)cc2)nc(NC(C)(C)C)n1. The third-order valence-electron chi connectivity index (χ3n) is 2.63. The first-order valence-electron chi connectivity index (χ1n) is 7.25. The molecule has 0 saturated carbocycles. The number of ether oxygens (including phenoxy) is 2. The molecule has 0 unspecified atom stereocenters.